The van der Waals surface area contributed by atoms with Crippen molar-refractivity contribution in [3.63, 3.8) is 0 Å². The Bertz CT molecular complexity index is 475. The third kappa shape index (κ3) is 2.42. The molecule has 96 valence electrons. The summed E-state index contributed by atoms with van der Waals surface area (Å²) in [7, 11) is 0. The Morgan fingerprint density at radius 2 is 2.17 bits per heavy atom. The van der Waals surface area contributed by atoms with Crippen LogP contribution in [0.2, 0.25) is 0 Å². The van der Waals surface area contributed by atoms with Crippen molar-refractivity contribution in [2.45, 2.75) is 12.8 Å². The van der Waals surface area contributed by atoms with Crippen molar-refractivity contribution in [3.8, 4) is 0 Å². The fraction of sp³-hybridized carbons (Fsp3) is 0.417. The zero-order valence-electron chi connectivity index (χ0n) is 9.91. The summed E-state index contributed by atoms with van der Waals surface area (Å²) in [4.78, 5) is 23.7. The highest BCUT2D eigenvalue weighted by Gasteiger charge is 2.27. The summed E-state index contributed by atoms with van der Waals surface area (Å²) in [5.74, 6) is -0.558. The maximum absolute atomic E-state index is 11.2. The summed E-state index contributed by atoms with van der Waals surface area (Å²) in [5, 5.41) is 11.0. The molecule has 1 atom stereocenters. The molecule has 1 fully saturated rings. The van der Waals surface area contributed by atoms with Gasteiger partial charge >= 0.3 is 0 Å². The number of para-hydroxylation sites is 2. The van der Waals surface area contributed by atoms with Gasteiger partial charge in [0, 0.05) is 19.2 Å². The lowest BCUT2D eigenvalue weighted by Crippen LogP contribution is -2.41. The van der Waals surface area contributed by atoms with E-state index in [-0.39, 0.29) is 17.5 Å². The van der Waals surface area contributed by atoms with Gasteiger partial charge in [0.25, 0.3) is 5.69 Å². The third-order valence-corrected chi connectivity index (χ3v) is 3.24. The monoisotopic (exact) mass is 249 g/mol. The lowest BCUT2D eigenvalue weighted by atomic mass is 9.97. The van der Waals surface area contributed by atoms with Crippen LogP contribution >= 0.6 is 0 Å². The average Bonchev–Trinajstić information content (AvgIpc) is 2.39. The molecule has 0 unspecified atom stereocenters. The number of nitrogens with two attached hydrogens (primary N) is 1. The molecule has 1 aliphatic heterocycles. The number of nitrogens with zero attached hydrogens (tertiary/aromatic N) is 2. The van der Waals surface area contributed by atoms with E-state index >= 15 is 0 Å². The quantitative estimate of drug-likeness (QED) is 0.645. The van der Waals surface area contributed by atoms with E-state index in [1.807, 2.05) is 4.90 Å². The van der Waals surface area contributed by atoms with Gasteiger partial charge in [0.2, 0.25) is 5.91 Å². The molecule has 0 bridgehead atoms. The first kappa shape index (κ1) is 12.3. The van der Waals surface area contributed by atoms with Gasteiger partial charge in [-0.2, -0.15) is 0 Å². The molecular weight excluding hydrogens is 234 g/mol. The van der Waals surface area contributed by atoms with Crippen molar-refractivity contribution in [2.75, 3.05) is 18.0 Å². The van der Waals surface area contributed by atoms with Gasteiger partial charge in [0.15, 0.2) is 0 Å². The molecule has 0 aromatic heterocycles. The van der Waals surface area contributed by atoms with Crippen LogP contribution in [0.25, 0.3) is 0 Å². The van der Waals surface area contributed by atoms with Crippen LogP contribution in [0.5, 0.6) is 0 Å². The van der Waals surface area contributed by atoms with Gasteiger partial charge in [-0.15, -0.1) is 0 Å². The SMILES string of the molecule is NC(=O)[C@H]1CCCN(c2ccccc2[N+](=O)[O-])C1. The largest absolute Gasteiger partial charge is 0.369 e. The summed E-state index contributed by atoms with van der Waals surface area (Å²) in [6.45, 7) is 1.18. The topological polar surface area (TPSA) is 89.5 Å². The summed E-state index contributed by atoms with van der Waals surface area (Å²) < 4.78 is 0. The number of anilines is 1. The number of rotatable bonds is 3. The number of primary amides is 1. The number of carbonyl (C=O) groups is 1. The van der Waals surface area contributed by atoms with Crippen LogP contribution in [-0.2, 0) is 4.79 Å². The summed E-state index contributed by atoms with van der Waals surface area (Å²) in [5.41, 5.74) is 5.94. The van der Waals surface area contributed by atoms with E-state index in [1.165, 1.54) is 6.07 Å². The number of nitro groups is 1. The normalized spacial score (nSPS) is 19.6. The molecular formula is C12H15N3O3. The molecule has 6 heteroatoms. The van der Waals surface area contributed by atoms with Crippen molar-refractivity contribution in [2.24, 2.45) is 11.7 Å². The minimum absolute atomic E-state index is 0.0719. The van der Waals surface area contributed by atoms with Crippen LogP contribution in [0.1, 0.15) is 12.8 Å². The molecule has 0 saturated carbocycles. The van der Waals surface area contributed by atoms with E-state index in [0.29, 0.717) is 18.8 Å². The maximum atomic E-state index is 11.2. The molecule has 2 N–H and O–H groups in total. The van der Waals surface area contributed by atoms with Gasteiger partial charge in [0.05, 0.1) is 10.8 Å². The second kappa shape index (κ2) is 5.03. The zero-order chi connectivity index (χ0) is 13.1. The second-order valence-corrected chi connectivity index (χ2v) is 4.43. The number of amides is 1. The number of hydrogen-bond acceptors (Lipinski definition) is 4. The van der Waals surface area contributed by atoms with E-state index in [1.54, 1.807) is 18.2 Å². The maximum Gasteiger partial charge on any atom is 0.292 e. The van der Waals surface area contributed by atoms with Crippen LogP contribution in [0, 0.1) is 16.0 Å². The number of nitro benzene ring substituents is 1. The highest BCUT2D eigenvalue weighted by molar-refractivity contribution is 5.78. The Hall–Kier alpha value is -2.11. The van der Waals surface area contributed by atoms with Crippen LogP contribution in [0.3, 0.4) is 0 Å². The van der Waals surface area contributed by atoms with Gasteiger partial charge in [-0.3, -0.25) is 14.9 Å². The molecule has 0 spiro atoms. The van der Waals surface area contributed by atoms with Crippen molar-refractivity contribution < 1.29 is 9.72 Å². The summed E-state index contributed by atoms with van der Waals surface area (Å²) >= 11 is 0. The highest BCUT2D eigenvalue weighted by Crippen LogP contribution is 2.30. The first-order valence-electron chi connectivity index (χ1n) is 5.87. The molecule has 1 aromatic carbocycles. The lowest BCUT2D eigenvalue weighted by Gasteiger charge is -2.32. The smallest absolute Gasteiger partial charge is 0.292 e. The average molecular weight is 249 g/mol. The fourth-order valence-corrected chi connectivity index (χ4v) is 2.31. The third-order valence-electron chi connectivity index (χ3n) is 3.24. The van der Waals surface area contributed by atoms with Crippen molar-refractivity contribution in [1.82, 2.24) is 0 Å². The van der Waals surface area contributed by atoms with Crippen LogP contribution in [0.4, 0.5) is 11.4 Å². The van der Waals surface area contributed by atoms with E-state index in [9.17, 15) is 14.9 Å². The van der Waals surface area contributed by atoms with Gasteiger partial charge in [-0.25, -0.2) is 0 Å². The minimum Gasteiger partial charge on any atom is -0.369 e. The minimum atomic E-state index is -0.400. The molecule has 1 aromatic rings. The molecule has 1 aliphatic rings. The van der Waals surface area contributed by atoms with Crippen molar-refractivity contribution >= 4 is 17.3 Å². The number of piperidine rings is 1. The zero-order valence-corrected chi connectivity index (χ0v) is 9.91. The molecule has 1 amide bonds. The fourth-order valence-electron chi connectivity index (χ4n) is 2.31. The molecule has 0 aliphatic carbocycles. The first-order valence-corrected chi connectivity index (χ1v) is 5.87. The van der Waals surface area contributed by atoms with Crippen molar-refractivity contribution in [1.29, 1.82) is 0 Å². The number of hydrogen-bond donors (Lipinski definition) is 1. The van der Waals surface area contributed by atoms with Crippen molar-refractivity contribution in [3.05, 3.63) is 34.4 Å². The van der Waals surface area contributed by atoms with E-state index in [0.717, 1.165) is 12.8 Å². The Labute approximate surface area is 105 Å². The predicted octanol–water partition coefficient (Wildman–Crippen LogP) is 1.30. The van der Waals surface area contributed by atoms with Crippen LogP contribution < -0.4 is 10.6 Å². The Kier molecular flexibility index (Phi) is 3.45. The molecule has 18 heavy (non-hydrogen) atoms. The van der Waals surface area contributed by atoms with Gasteiger partial charge in [-0.1, -0.05) is 12.1 Å². The van der Waals surface area contributed by atoms with Gasteiger partial charge in [0.1, 0.15) is 5.69 Å². The lowest BCUT2D eigenvalue weighted by molar-refractivity contribution is -0.384. The molecule has 0 radical (unpaired) electrons. The van der Waals surface area contributed by atoms with E-state index < -0.39 is 4.92 Å². The summed E-state index contributed by atoms with van der Waals surface area (Å²) in [6.07, 6.45) is 1.58. The highest BCUT2D eigenvalue weighted by atomic mass is 16.6. The first-order chi connectivity index (χ1) is 8.59. The van der Waals surface area contributed by atoms with Gasteiger partial charge in [-0.05, 0) is 18.9 Å². The second-order valence-electron chi connectivity index (χ2n) is 4.43. The molecule has 2 rings (SSSR count). The number of benzene rings is 1. The van der Waals surface area contributed by atoms with Crippen LogP contribution in [-0.4, -0.2) is 23.9 Å². The molecule has 1 heterocycles. The molecule has 6 nitrogen and oxygen atoms in total. The summed E-state index contributed by atoms with van der Waals surface area (Å²) in [6, 6.07) is 6.58. The molecule has 1 saturated heterocycles. The van der Waals surface area contributed by atoms with E-state index in [4.69, 9.17) is 5.73 Å². The standard InChI is InChI=1S/C12H15N3O3/c13-12(16)9-4-3-7-14(8-9)10-5-1-2-6-11(10)15(17)18/h1-2,5-6,9H,3-4,7-8H2,(H2,13,16)/t9-/m0/s1. The Morgan fingerprint density at radius 3 is 2.83 bits per heavy atom. The van der Waals surface area contributed by atoms with Gasteiger partial charge < -0.3 is 10.6 Å². The Balaban J connectivity index is 2.26. The van der Waals surface area contributed by atoms with E-state index in [2.05, 4.69) is 0 Å². The number of carbonyl (C=O) groups excluding carboxylic acids is 1. The predicted molar refractivity (Wildman–Crippen MR) is 67.2 cm³/mol. The Morgan fingerprint density at radius 1 is 1.44 bits per heavy atom. The van der Waals surface area contributed by atoms with Crippen LogP contribution in [0.15, 0.2) is 24.3 Å².